The number of carbonyl (C=O) groups is 2. The van der Waals surface area contributed by atoms with E-state index in [4.69, 9.17) is 4.52 Å². The number of sulfonamides is 1. The first-order valence-electron chi connectivity index (χ1n) is 10.7. The number of aromatic nitrogens is 2. The van der Waals surface area contributed by atoms with E-state index < -0.39 is 15.9 Å². The summed E-state index contributed by atoms with van der Waals surface area (Å²) in [6, 6.07) is 8.33. The molecule has 2 amide bonds. The minimum atomic E-state index is -3.79. The molecule has 180 valence electrons. The van der Waals surface area contributed by atoms with Gasteiger partial charge in [-0.2, -0.15) is 9.29 Å². The summed E-state index contributed by atoms with van der Waals surface area (Å²) < 4.78 is 33.2. The Labute approximate surface area is 201 Å². The molecule has 10 nitrogen and oxygen atoms in total. The summed E-state index contributed by atoms with van der Waals surface area (Å²) in [4.78, 5) is 29.6. The van der Waals surface area contributed by atoms with Crippen LogP contribution in [0.2, 0.25) is 0 Å². The van der Waals surface area contributed by atoms with Crippen molar-refractivity contribution in [2.45, 2.75) is 38.5 Å². The fourth-order valence-corrected chi connectivity index (χ4v) is 6.84. The third-order valence-corrected chi connectivity index (χ3v) is 8.63. The number of hydrogen-bond acceptors (Lipinski definition) is 8. The molecule has 0 aliphatic carbocycles. The number of aryl methyl sites for hydroxylation is 2. The fourth-order valence-electron chi connectivity index (χ4n) is 3.83. The number of piperidine rings is 1. The predicted molar refractivity (Wildman–Crippen MR) is 128 cm³/mol. The summed E-state index contributed by atoms with van der Waals surface area (Å²) in [5, 5.41) is 9.38. The van der Waals surface area contributed by atoms with Crippen LogP contribution >= 0.6 is 11.3 Å². The minimum absolute atomic E-state index is 0.101. The fraction of sp³-hybridized carbons (Fsp3) is 0.364. The maximum atomic E-state index is 13.4. The topological polar surface area (TPSA) is 134 Å². The molecule has 0 radical (unpaired) electrons. The number of amides is 2. The summed E-state index contributed by atoms with van der Waals surface area (Å²) in [5.74, 6) is -0.137. The molecule has 1 aromatic carbocycles. The number of rotatable bonds is 6. The monoisotopic (exact) mass is 503 g/mol. The zero-order valence-corrected chi connectivity index (χ0v) is 20.6. The Kier molecular flexibility index (Phi) is 6.82. The quantitative estimate of drug-likeness (QED) is 0.526. The SMILES string of the molecule is CC(=O)Nc1ccc(NC(=O)[C@H]2CCCN(S(=O)(=O)c3cc(-c4noc(C)n4)sc3C)C2)cc1. The molecule has 0 spiro atoms. The maximum absolute atomic E-state index is 13.4. The number of anilines is 2. The van der Waals surface area contributed by atoms with Gasteiger partial charge in [0.05, 0.1) is 15.7 Å². The van der Waals surface area contributed by atoms with Crippen LogP contribution in [0.15, 0.2) is 39.8 Å². The van der Waals surface area contributed by atoms with E-state index in [0.29, 0.717) is 52.2 Å². The van der Waals surface area contributed by atoms with Crippen molar-refractivity contribution in [3.05, 3.63) is 41.1 Å². The van der Waals surface area contributed by atoms with Gasteiger partial charge in [0.2, 0.25) is 33.6 Å². The van der Waals surface area contributed by atoms with E-state index in [9.17, 15) is 18.0 Å². The van der Waals surface area contributed by atoms with Crippen LogP contribution in [0, 0.1) is 19.8 Å². The molecule has 34 heavy (non-hydrogen) atoms. The maximum Gasteiger partial charge on any atom is 0.244 e. The lowest BCUT2D eigenvalue weighted by Crippen LogP contribution is -2.43. The van der Waals surface area contributed by atoms with E-state index in [1.165, 1.54) is 22.6 Å². The lowest BCUT2D eigenvalue weighted by Gasteiger charge is -2.31. The third kappa shape index (κ3) is 5.18. The van der Waals surface area contributed by atoms with Gasteiger partial charge in [0.1, 0.15) is 0 Å². The molecule has 4 rings (SSSR count). The van der Waals surface area contributed by atoms with Gasteiger partial charge in [-0.05, 0) is 50.1 Å². The molecule has 1 aliphatic rings. The van der Waals surface area contributed by atoms with Crippen molar-refractivity contribution in [1.82, 2.24) is 14.4 Å². The Balaban J connectivity index is 1.46. The number of carbonyl (C=O) groups excluding carboxylic acids is 2. The first kappa shape index (κ1) is 24.0. The second kappa shape index (κ2) is 9.65. The Morgan fingerprint density at radius 1 is 1.15 bits per heavy atom. The van der Waals surface area contributed by atoms with Crippen molar-refractivity contribution in [3.63, 3.8) is 0 Å². The molecule has 1 aliphatic heterocycles. The van der Waals surface area contributed by atoms with Crippen LogP contribution in [0.4, 0.5) is 11.4 Å². The zero-order valence-electron chi connectivity index (χ0n) is 19.0. The molecule has 3 heterocycles. The van der Waals surface area contributed by atoms with Crippen molar-refractivity contribution in [3.8, 4) is 10.7 Å². The van der Waals surface area contributed by atoms with Crippen LogP contribution in [0.1, 0.15) is 30.5 Å². The Hall–Kier alpha value is -3.09. The van der Waals surface area contributed by atoms with Crippen molar-refractivity contribution in [2.75, 3.05) is 23.7 Å². The van der Waals surface area contributed by atoms with Crippen LogP contribution in [0.3, 0.4) is 0 Å². The van der Waals surface area contributed by atoms with Crippen molar-refractivity contribution in [1.29, 1.82) is 0 Å². The minimum Gasteiger partial charge on any atom is -0.339 e. The smallest absolute Gasteiger partial charge is 0.244 e. The van der Waals surface area contributed by atoms with Crippen LogP contribution in [-0.2, 0) is 19.6 Å². The van der Waals surface area contributed by atoms with Crippen molar-refractivity contribution in [2.24, 2.45) is 5.92 Å². The largest absolute Gasteiger partial charge is 0.339 e. The predicted octanol–water partition coefficient (Wildman–Crippen LogP) is 3.41. The second-order valence-corrected chi connectivity index (χ2v) is 11.3. The highest BCUT2D eigenvalue weighted by Gasteiger charge is 2.35. The zero-order chi connectivity index (χ0) is 24.5. The van der Waals surface area contributed by atoms with Crippen LogP contribution in [0.25, 0.3) is 10.7 Å². The first-order valence-corrected chi connectivity index (χ1v) is 13.0. The van der Waals surface area contributed by atoms with E-state index in [-0.39, 0.29) is 23.3 Å². The molecule has 1 fully saturated rings. The van der Waals surface area contributed by atoms with Gasteiger partial charge in [-0.1, -0.05) is 5.16 Å². The average Bonchev–Trinajstić information content (AvgIpc) is 3.40. The van der Waals surface area contributed by atoms with Crippen LogP contribution < -0.4 is 10.6 Å². The van der Waals surface area contributed by atoms with Gasteiger partial charge >= 0.3 is 0 Å². The number of nitrogens with zero attached hydrogens (tertiary/aromatic N) is 3. The Bertz CT molecular complexity index is 1310. The average molecular weight is 504 g/mol. The standard InChI is InChI=1S/C22H25N5O5S2/c1-13-20(11-19(33-13)21-24-15(3)32-26-21)34(30,31)27-10-4-5-16(12-27)22(29)25-18-8-6-17(7-9-18)23-14(2)28/h6-9,11,16H,4-5,10,12H2,1-3H3,(H,23,28)(H,25,29)/t16-/m0/s1. The van der Waals surface area contributed by atoms with Gasteiger partial charge in [0.15, 0.2) is 0 Å². The normalized spacial score (nSPS) is 16.9. The molecular formula is C22H25N5O5S2. The summed E-state index contributed by atoms with van der Waals surface area (Å²) in [7, 11) is -3.79. The van der Waals surface area contributed by atoms with E-state index in [0.717, 1.165) is 0 Å². The summed E-state index contributed by atoms with van der Waals surface area (Å²) >= 11 is 1.29. The molecular weight excluding hydrogens is 478 g/mol. The second-order valence-electron chi connectivity index (χ2n) is 8.12. The van der Waals surface area contributed by atoms with Crippen molar-refractivity contribution >= 4 is 44.5 Å². The number of hydrogen-bond donors (Lipinski definition) is 2. The third-order valence-electron chi connectivity index (χ3n) is 5.47. The Morgan fingerprint density at radius 3 is 2.44 bits per heavy atom. The highest BCUT2D eigenvalue weighted by molar-refractivity contribution is 7.89. The van der Waals surface area contributed by atoms with Gasteiger partial charge in [0.25, 0.3) is 0 Å². The molecule has 1 saturated heterocycles. The number of benzene rings is 1. The highest BCUT2D eigenvalue weighted by atomic mass is 32.2. The molecule has 12 heteroatoms. The van der Waals surface area contributed by atoms with Gasteiger partial charge in [-0.25, -0.2) is 8.42 Å². The van der Waals surface area contributed by atoms with Crippen LogP contribution in [0.5, 0.6) is 0 Å². The van der Waals surface area contributed by atoms with Crippen molar-refractivity contribution < 1.29 is 22.5 Å². The summed E-state index contributed by atoms with van der Waals surface area (Å²) in [5.41, 5.74) is 1.20. The first-order chi connectivity index (χ1) is 16.1. The van der Waals surface area contributed by atoms with Gasteiger partial charge in [0, 0.05) is 43.2 Å². The lowest BCUT2D eigenvalue weighted by molar-refractivity contribution is -0.121. The highest BCUT2D eigenvalue weighted by Crippen LogP contribution is 2.35. The van der Waals surface area contributed by atoms with E-state index in [1.54, 1.807) is 44.2 Å². The molecule has 3 aromatic rings. The molecule has 0 saturated carbocycles. The summed E-state index contributed by atoms with van der Waals surface area (Å²) in [6.45, 7) is 5.29. The number of nitrogens with one attached hydrogen (secondary N) is 2. The van der Waals surface area contributed by atoms with E-state index in [1.807, 2.05) is 0 Å². The molecule has 0 unspecified atom stereocenters. The van der Waals surface area contributed by atoms with E-state index >= 15 is 0 Å². The van der Waals surface area contributed by atoms with Gasteiger partial charge in [-0.3, -0.25) is 9.59 Å². The lowest BCUT2D eigenvalue weighted by atomic mass is 9.98. The van der Waals surface area contributed by atoms with Gasteiger partial charge in [-0.15, -0.1) is 11.3 Å². The Morgan fingerprint density at radius 2 is 1.82 bits per heavy atom. The molecule has 0 bridgehead atoms. The molecule has 2 aromatic heterocycles. The van der Waals surface area contributed by atoms with Gasteiger partial charge < -0.3 is 15.2 Å². The molecule has 2 N–H and O–H groups in total. The van der Waals surface area contributed by atoms with E-state index in [2.05, 4.69) is 20.8 Å². The molecule has 1 atom stereocenters. The number of thiophene rings is 1. The van der Waals surface area contributed by atoms with Crippen LogP contribution in [-0.4, -0.2) is 47.8 Å². The summed E-state index contributed by atoms with van der Waals surface area (Å²) in [6.07, 6.45) is 1.18.